The van der Waals surface area contributed by atoms with Gasteiger partial charge in [-0.05, 0) is 54.8 Å². The van der Waals surface area contributed by atoms with Crippen LogP contribution in [0, 0.1) is 11.3 Å². The number of hydrogen-bond acceptors (Lipinski definition) is 4. The topological polar surface area (TPSA) is 76.4 Å². The molecule has 5 nitrogen and oxygen atoms in total. The maximum Gasteiger partial charge on any atom is 0.417 e. The molecule has 2 aromatic rings. The Morgan fingerprint density at radius 1 is 1.31 bits per heavy atom. The molecule has 0 unspecified atom stereocenters. The zero-order valence-electron chi connectivity index (χ0n) is 15.1. The lowest BCUT2D eigenvalue weighted by molar-refractivity contribution is -0.137. The number of hydrogen-bond donors (Lipinski definition) is 2. The molecule has 0 saturated carbocycles. The van der Waals surface area contributed by atoms with Gasteiger partial charge in [-0.15, -0.1) is 0 Å². The number of aliphatic hydroxyl groups is 1. The van der Waals surface area contributed by atoms with Crippen molar-refractivity contribution in [1.82, 2.24) is 0 Å². The number of anilines is 2. The molecule has 1 aliphatic rings. The first-order valence-electron chi connectivity index (χ1n) is 8.82. The van der Waals surface area contributed by atoms with E-state index in [0.29, 0.717) is 12.6 Å². The summed E-state index contributed by atoms with van der Waals surface area (Å²) in [6.07, 6.45) is -4.41. The normalized spacial score (nSPS) is 14.7. The molecule has 0 fully saturated rings. The summed E-state index contributed by atoms with van der Waals surface area (Å²) in [6.45, 7) is 0.678. The second kappa shape index (κ2) is 8.43. The lowest BCUT2D eigenvalue weighted by Crippen LogP contribution is -2.42. The van der Waals surface area contributed by atoms with Crippen LogP contribution in [-0.2, 0) is 17.4 Å². The van der Waals surface area contributed by atoms with Crippen LogP contribution in [0.3, 0.4) is 0 Å². The smallest absolute Gasteiger partial charge is 0.381 e. The number of alkyl halides is 3. The maximum absolute atomic E-state index is 13.1. The number of carbonyl (C=O) groups is 1. The fraction of sp³-hybridized carbons (Fsp3) is 0.300. The first kappa shape index (κ1) is 21.1. The number of nitrogens with one attached hydrogen (secondary N) is 1. The minimum atomic E-state index is -4.73. The molecule has 0 bridgehead atoms. The van der Waals surface area contributed by atoms with Gasteiger partial charge in [-0.2, -0.15) is 18.4 Å². The van der Waals surface area contributed by atoms with Crippen molar-refractivity contribution in [2.24, 2.45) is 0 Å². The van der Waals surface area contributed by atoms with E-state index in [-0.39, 0.29) is 12.2 Å². The number of halogens is 4. The Morgan fingerprint density at radius 2 is 2.07 bits per heavy atom. The van der Waals surface area contributed by atoms with Gasteiger partial charge in [0.2, 0.25) is 0 Å². The van der Waals surface area contributed by atoms with Gasteiger partial charge in [-0.3, -0.25) is 4.79 Å². The summed E-state index contributed by atoms with van der Waals surface area (Å²) in [5.41, 5.74) is 0.211. The largest absolute Gasteiger partial charge is 0.417 e. The van der Waals surface area contributed by atoms with Gasteiger partial charge in [0.25, 0.3) is 5.91 Å². The molecule has 0 aromatic heterocycles. The third-order valence-corrected chi connectivity index (χ3v) is 5.16. The van der Waals surface area contributed by atoms with Crippen molar-refractivity contribution in [2.45, 2.75) is 25.1 Å². The molecule has 9 heteroatoms. The minimum Gasteiger partial charge on any atom is -0.381 e. The predicted molar refractivity (Wildman–Crippen MR) is 105 cm³/mol. The summed E-state index contributed by atoms with van der Waals surface area (Å²) in [4.78, 5) is 14.2. The maximum atomic E-state index is 13.1. The number of aryl methyl sites for hydroxylation is 1. The molecule has 0 saturated heterocycles. The number of nitriles is 1. The van der Waals surface area contributed by atoms with Crippen LogP contribution in [-0.4, -0.2) is 30.2 Å². The Balaban J connectivity index is 1.72. The third kappa shape index (κ3) is 4.89. The number of β-amino-alcohol motifs (C(OH)–C–C–N with tert-alkyl or cyclic N) is 1. The molecule has 152 valence electrons. The van der Waals surface area contributed by atoms with E-state index >= 15 is 0 Å². The van der Waals surface area contributed by atoms with Gasteiger partial charge in [0, 0.05) is 22.4 Å². The third-order valence-electron chi connectivity index (χ3n) is 4.67. The van der Waals surface area contributed by atoms with Crippen molar-refractivity contribution in [3.05, 3.63) is 57.6 Å². The fourth-order valence-corrected chi connectivity index (χ4v) is 3.71. The van der Waals surface area contributed by atoms with Gasteiger partial charge < -0.3 is 15.3 Å². The van der Waals surface area contributed by atoms with Crippen molar-refractivity contribution in [2.75, 3.05) is 23.3 Å². The van der Waals surface area contributed by atoms with Crippen LogP contribution in [0.5, 0.6) is 0 Å². The summed E-state index contributed by atoms with van der Waals surface area (Å²) in [5, 5.41) is 21.4. The molecule has 1 amide bonds. The fourth-order valence-electron chi connectivity index (χ4n) is 3.30. The van der Waals surface area contributed by atoms with Gasteiger partial charge in [0.1, 0.15) is 0 Å². The highest BCUT2D eigenvalue weighted by Crippen LogP contribution is 2.34. The molecule has 0 spiro atoms. The van der Waals surface area contributed by atoms with Gasteiger partial charge in [-0.1, -0.05) is 15.9 Å². The zero-order valence-corrected chi connectivity index (χ0v) is 16.7. The van der Waals surface area contributed by atoms with Crippen LogP contribution in [0.25, 0.3) is 0 Å². The Hall–Kier alpha value is -2.57. The van der Waals surface area contributed by atoms with Crippen molar-refractivity contribution in [3.8, 4) is 6.07 Å². The van der Waals surface area contributed by atoms with Gasteiger partial charge in [0.05, 0.1) is 23.7 Å². The lowest BCUT2D eigenvalue weighted by Gasteiger charge is -2.32. The average molecular weight is 468 g/mol. The molecule has 0 aliphatic carbocycles. The van der Waals surface area contributed by atoms with Crippen molar-refractivity contribution >= 4 is 33.2 Å². The van der Waals surface area contributed by atoms with Crippen molar-refractivity contribution in [1.29, 1.82) is 5.26 Å². The predicted octanol–water partition coefficient (Wildman–Crippen LogP) is 4.09. The SMILES string of the molecule is N#Cc1ccc(NC(=O)[C@@H](O)CN2CCCc3cc(Br)ccc32)cc1C(F)(F)F. The molecule has 1 aliphatic heterocycles. The van der Waals surface area contributed by atoms with E-state index in [0.717, 1.165) is 34.6 Å². The molecular formula is C20H17BrF3N3O2. The van der Waals surface area contributed by atoms with Crippen LogP contribution in [0.15, 0.2) is 40.9 Å². The molecule has 1 heterocycles. The molecule has 2 aromatic carbocycles. The summed E-state index contributed by atoms with van der Waals surface area (Å²) in [7, 11) is 0. The highest BCUT2D eigenvalue weighted by molar-refractivity contribution is 9.10. The first-order chi connectivity index (χ1) is 13.7. The quantitative estimate of drug-likeness (QED) is 0.709. The van der Waals surface area contributed by atoms with Crippen molar-refractivity contribution in [3.63, 3.8) is 0 Å². The van der Waals surface area contributed by atoms with Crippen LogP contribution in [0.4, 0.5) is 24.5 Å². The van der Waals surface area contributed by atoms with Gasteiger partial charge in [-0.25, -0.2) is 0 Å². The molecule has 2 N–H and O–H groups in total. The lowest BCUT2D eigenvalue weighted by atomic mass is 10.0. The Labute approximate surface area is 173 Å². The van der Waals surface area contributed by atoms with E-state index in [4.69, 9.17) is 5.26 Å². The van der Waals surface area contributed by atoms with E-state index in [1.165, 1.54) is 12.1 Å². The van der Waals surface area contributed by atoms with E-state index in [2.05, 4.69) is 21.2 Å². The highest BCUT2D eigenvalue weighted by atomic mass is 79.9. The summed E-state index contributed by atoms with van der Waals surface area (Å²) in [6, 6.07) is 10.1. The first-order valence-corrected chi connectivity index (χ1v) is 9.62. The number of aliphatic hydroxyl groups excluding tert-OH is 1. The number of nitrogens with zero attached hydrogens (tertiary/aromatic N) is 2. The van der Waals surface area contributed by atoms with E-state index in [1.807, 2.05) is 23.1 Å². The molecule has 0 radical (unpaired) electrons. The molecule has 1 atom stereocenters. The molecule has 29 heavy (non-hydrogen) atoms. The van der Waals surface area contributed by atoms with Crippen LogP contribution < -0.4 is 10.2 Å². The van der Waals surface area contributed by atoms with Gasteiger partial charge in [0.15, 0.2) is 6.10 Å². The standard InChI is InChI=1S/C20H17BrF3N3O2/c21-14-4-6-17-12(8-14)2-1-7-27(17)11-18(28)19(29)26-15-5-3-13(10-25)16(9-15)20(22,23)24/h3-6,8-9,18,28H,1-2,7,11H2,(H,26,29)/t18-/m0/s1. The number of benzene rings is 2. The second-order valence-electron chi connectivity index (χ2n) is 6.70. The second-order valence-corrected chi connectivity index (χ2v) is 7.61. The van der Waals surface area contributed by atoms with Crippen LogP contribution >= 0.6 is 15.9 Å². The minimum absolute atomic E-state index is 0.0167. The number of fused-ring (bicyclic) bond motifs is 1. The zero-order chi connectivity index (χ0) is 21.2. The highest BCUT2D eigenvalue weighted by Gasteiger charge is 2.34. The Kier molecular flexibility index (Phi) is 6.15. The summed E-state index contributed by atoms with van der Waals surface area (Å²) in [5.74, 6) is -0.813. The average Bonchev–Trinajstić information content (AvgIpc) is 2.67. The van der Waals surface area contributed by atoms with Crippen molar-refractivity contribution < 1.29 is 23.1 Å². The summed E-state index contributed by atoms with van der Waals surface area (Å²) < 4.78 is 40.1. The van der Waals surface area contributed by atoms with E-state index in [9.17, 15) is 23.1 Å². The summed E-state index contributed by atoms with van der Waals surface area (Å²) >= 11 is 3.42. The molecule has 3 rings (SSSR count). The van der Waals surface area contributed by atoms with E-state index < -0.39 is 29.3 Å². The Bertz CT molecular complexity index is 972. The monoisotopic (exact) mass is 467 g/mol. The van der Waals surface area contributed by atoms with E-state index in [1.54, 1.807) is 0 Å². The van der Waals surface area contributed by atoms with Crippen LogP contribution in [0.2, 0.25) is 0 Å². The molecular weight excluding hydrogens is 451 g/mol. The van der Waals surface area contributed by atoms with Gasteiger partial charge >= 0.3 is 6.18 Å². The number of rotatable bonds is 4. The van der Waals surface area contributed by atoms with Crippen LogP contribution in [0.1, 0.15) is 23.1 Å². The Morgan fingerprint density at radius 3 is 2.76 bits per heavy atom. The number of amides is 1. The number of carbonyl (C=O) groups excluding carboxylic acids is 1.